The van der Waals surface area contributed by atoms with Gasteiger partial charge in [0.15, 0.2) is 11.6 Å². The zero-order valence-electron chi connectivity index (χ0n) is 23.7. The van der Waals surface area contributed by atoms with Crippen LogP contribution in [-0.4, -0.2) is 74.1 Å². The molecule has 0 unspecified atom stereocenters. The quantitative estimate of drug-likeness (QED) is 0.206. The number of nitrogens with zero attached hydrogens (tertiary/aromatic N) is 7. The summed E-state index contributed by atoms with van der Waals surface area (Å²) in [5.74, 6) is 1.85. The minimum Gasteiger partial charge on any atom is -0.494 e. The number of nitrogens with one attached hydrogen (secondary N) is 3. The zero-order chi connectivity index (χ0) is 29.9. The van der Waals surface area contributed by atoms with Gasteiger partial charge in [0.1, 0.15) is 0 Å². The van der Waals surface area contributed by atoms with Crippen LogP contribution in [0.15, 0.2) is 18.2 Å². The number of aromatic nitrogens is 6. The summed E-state index contributed by atoms with van der Waals surface area (Å²) in [5.41, 5.74) is 0.552. The van der Waals surface area contributed by atoms with Crippen LogP contribution < -0.4 is 20.7 Å². The lowest BCUT2D eigenvalue weighted by molar-refractivity contribution is 0.277. The Kier molecular flexibility index (Phi) is 14.1. The number of methoxy groups -OCH3 is 1. The van der Waals surface area contributed by atoms with E-state index >= 15 is 0 Å². The molecule has 11 nitrogen and oxygen atoms in total. The number of likely N-dealkylation sites (N-methyl/N-ethyl adjacent to an activating group) is 1. The van der Waals surface area contributed by atoms with Crippen molar-refractivity contribution >= 4 is 58.3 Å². The molecule has 3 heterocycles. The van der Waals surface area contributed by atoms with Crippen LogP contribution in [0.5, 0.6) is 5.75 Å². The lowest BCUT2D eigenvalue weighted by atomic mass is 9.89. The van der Waals surface area contributed by atoms with E-state index in [2.05, 4.69) is 57.7 Å². The van der Waals surface area contributed by atoms with Crippen molar-refractivity contribution in [2.45, 2.75) is 65.3 Å². The van der Waals surface area contributed by atoms with Gasteiger partial charge in [-0.15, -0.1) is 0 Å². The van der Waals surface area contributed by atoms with Gasteiger partial charge in [-0.25, -0.2) is 4.39 Å². The Morgan fingerprint density at radius 1 is 0.837 bits per heavy atom. The monoisotopic (exact) mass is 656 g/mol. The van der Waals surface area contributed by atoms with Crippen LogP contribution in [0.4, 0.5) is 27.9 Å². The van der Waals surface area contributed by atoms with Crippen molar-refractivity contribution in [1.82, 2.24) is 34.8 Å². The molecule has 1 aliphatic heterocycles. The summed E-state index contributed by atoms with van der Waals surface area (Å²) in [4.78, 5) is 26.6. The molecule has 0 bridgehead atoms. The third kappa shape index (κ3) is 11.0. The molecule has 3 N–H and O–H groups in total. The molecule has 1 saturated carbocycles. The van der Waals surface area contributed by atoms with E-state index in [1.165, 1.54) is 58.1 Å². The Hall–Kier alpha value is -2.80. The van der Waals surface area contributed by atoms with Gasteiger partial charge in [0, 0.05) is 30.9 Å². The van der Waals surface area contributed by atoms with Gasteiger partial charge in [0.25, 0.3) is 0 Å². The smallest absolute Gasteiger partial charge is 0.233 e. The van der Waals surface area contributed by atoms with E-state index in [-0.39, 0.29) is 29.0 Å². The van der Waals surface area contributed by atoms with E-state index in [9.17, 15) is 4.39 Å². The molecule has 5 rings (SSSR count). The average molecular weight is 658 g/mol. The summed E-state index contributed by atoms with van der Waals surface area (Å²) >= 11 is 16.0. The van der Waals surface area contributed by atoms with Crippen molar-refractivity contribution in [2.75, 3.05) is 49.2 Å². The Labute approximate surface area is 267 Å². The van der Waals surface area contributed by atoms with Gasteiger partial charge in [-0.2, -0.15) is 29.9 Å². The average Bonchev–Trinajstić information content (AvgIpc) is 3.43. The molecule has 3 aromatic rings. The van der Waals surface area contributed by atoms with Gasteiger partial charge in [0.05, 0.1) is 7.11 Å². The summed E-state index contributed by atoms with van der Waals surface area (Å²) < 4.78 is 19.2. The SMILES string of the molecule is C.CCN1CCC[C@@H]1CNc1nc(NCC2CCCCC2)nc(Nc2ccc(OC)c(F)c2)n1.Clc1nc(Cl)nc(Cl)n1. The molecule has 1 saturated heterocycles. The molecule has 2 aromatic heterocycles. The maximum absolute atomic E-state index is 14.2. The van der Waals surface area contributed by atoms with Crippen LogP contribution in [0.3, 0.4) is 0 Å². The lowest BCUT2D eigenvalue weighted by Crippen LogP contribution is -2.35. The summed E-state index contributed by atoms with van der Waals surface area (Å²) in [6.45, 7) is 6.03. The van der Waals surface area contributed by atoms with Crippen LogP contribution in [0.1, 0.15) is 59.3 Å². The molecule has 236 valence electrons. The van der Waals surface area contributed by atoms with Crippen LogP contribution >= 0.6 is 34.8 Å². The van der Waals surface area contributed by atoms with E-state index in [1.54, 1.807) is 12.1 Å². The maximum Gasteiger partial charge on any atom is 0.233 e. The molecule has 1 aromatic carbocycles. The molecule has 1 atom stereocenters. The van der Waals surface area contributed by atoms with E-state index in [0.29, 0.717) is 35.5 Å². The third-order valence-electron chi connectivity index (χ3n) is 7.27. The minimum absolute atomic E-state index is 0. The highest BCUT2D eigenvalue weighted by Gasteiger charge is 2.23. The third-order valence-corrected chi connectivity index (χ3v) is 7.78. The molecular formula is C28H40Cl3FN10O. The van der Waals surface area contributed by atoms with Gasteiger partial charge in [0.2, 0.25) is 33.7 Å². The highest BCUT2D eigenvalue weighted by atomic mass is 35.5. The van der Waals surface area contributed by atoms with Gasteiger partial charge in [-0.1, -0.05) is 33.6 Å². The van der Waals surface area contributed by atoms with Crippen molar-refractivity contribution in [3.8, 4) is 5.75 Å². The molecule has 1 aliphatic carbocycles. The molecule has 0 spiro atoms. The number of hydrogen-bond donors (Lipinski definition) is 3. The lowest BCUT2D eigenvalue weighted by Gasteiger charge is -2.23. The van der Waals surface area contributed by atoms with E-state index in [1.807, 2.05) is 0 Å². The van der Waals surface area contributed by atoms with Crippen LogP contribution in [0.25, 0.3) is 0 Å². The highest BCUT2D eigenvalue weighted by molar-refractivity contribution is 6.33. The van der Waals surface area contributed by atoms with E-state index < -0.39 is 5.82 Å². The number of ether oxygens (including phenoxy) is 1. The molecule has 2 aliphatic rings. The molecule has 2 fully saturated rings. The van der Waals surface area contributed by atoms with Crippen molar-refractivity contribution in [3.05, 3.63) is 39.9 Å². The molecule has 0 amide bonds. The first-order chi connectivity index (χ1) is 20.3. The Morgan fingerprint density at radius 2 is 1.44 bits per heavy atom. The van der Waals surface area contributed by atoms with Gasteiger partial charge in [-0.3, -0.25) is 4.90 Å². The van der Waals surface area contributed by atoms with E-state index in [4.69, 9.17) is 39.5 Å². The highest BCUT2D eigenvalue weighted by Crippen LogP contribution is 2.25. The van der Waals surface area contributed by atoms with Crippen molar-refractivity contribution < 1.29 is 9.13 Å². The van der Waals surface area contributed by atoms with Crippen molar-refractivity contribution in [3.63, 3.8) is 0 Å². The van der Waals surface area contributed by atoms with Crippen LogP contribution in [-0.2, 0) is 0 Å². The van der Waals surface area contributed by atoms with Crippen LogP contribution in [0, 0.1) is 11.7 Å². The number of benzene rings is 1. The second-order valence-electron chi connectivity index (χ2n) is 10.1. The summed E-state index contributed by atoms with van der Waals surface area (Å²) in [5, 5.41) is 9.93. The number of anilines is 4. The Bertz CT molecular complexity index is 1250. The number of likely N-dealkylation sites (tertiary alicyclic amines) is 1. The molecule has 43 heavy (non-hydrogen) atoms. The second-order valence-corrected chi connectivity index (χ2v) is 11.1. The number of rotatable bonds is 10. The largest absolute Gasteiger partial charge is 0.494 e. The predicted molar refractivity (Wildman–Crippen MR) is 171 cm³/mol. The maximum atomic E-state index is 14.2. The van der Waals surface area contributed by atoms with Gasteiger partial charge >= 0.3 is 0 Å². The van der Waals surface area contributed by atoms with Gasteiger partial charge < -0.3 is 20.7 Å². The number of hydrogen-bond acceptors (Lipinski definition) is 11. The first kappa shape index (κ1) is 34.7. The topological polar surface area (TPSA) is 126 Å². The first-order valence-corrected chi connectivity index (χ1v) is 15.3. The van der Waals surface area contributed by atoms with E-state index in [0.717, 1.165) is 26.2 Å². The summed E-state index contributed by atoms with van der Waals surface area (Å²) in [6.07, 6.45) is 8.81. The second kappa shape index (κ2) is 17.5. The molecule has 0 radical (unpaired) electrons. The normalized spacial score (nSPS) is 16.9. The van der Waals surface area contributed by atoms with Crippen LogP contribution in [0.2, 0.25) is 15.9 Å². The number of halogens is 4. The predicted octanol–water partition coefficient (Wildman–Crippen LogP) is 7.12. The molecule has 15 heteroatoms. The fraction of sp³-hybridized carbons (Fsp3) is 0.571. The molecular weight excluding hydrogens is 618 g/mol. The van der Waals surface area contributed by atoms with Crippen molar-refractivity contribution in [2.24, 2.45) is 5.92 Å². The first-order valence-electron chi connectivity index (χ1n) is 14.1. The zero-order valence-corrected chi connectivity index (χ0v) is 26.0. The minimum atomic E-state index is -0.438. The summed E-state index contributed by atoms with van der Waals surface area (Å²) in [7, 11) is 1.45. The fourth-order valence-electron chi connectivity index (χ4n) is 5.15. The Morgan fingerprint density at radius 3 is 2.02 bits per heavy atom. The Balaban J connectivity index is 0.000000435. The summed E-state index contributed by atoms with van der Waals surface area (Å²) in [6, 6.07) is 5.19. The van der Waals surface area contributed by atoms with Crippen molar-refractivity contribution in [1.29, 1.82) is 0 Å². The van der Waals surface area contributed by atoms with Gasteiger partial charge in [-0.05, 0) is 91.6 Å². The standard InChI is InChI=1S/C24H36FN7O.C3Cl3N3.CH4/c1-3-32-13-7-10-19(32)16-27-23-29-22(26-15-17-8-5-4-6-9-17)30-24(31-23)28-18-11-12-21(33-2)20(25)14-18;4-1-7-2(5)9-3(6)8-1;/h11-12,14,17,19H,3-10,13,15-16H2,1-2H3,(H3,26,27,28,29,30,31);;1H4/t19-;;/m1../s1. The fourth-order valence-corrected chi connectivity index (χ4v) is 5.76.